The first-order valence-corrected chi connectivity index (χ1v) is 7.46. The number of carbonyl (C=O) groups excluding carboxylic acids is 1. The average molecular weight is 236 g/mol. The van der Waals surface area contributed by atoms with Gasteiger partial charge in [-0.05, 0) is 20.8 Å². The van der Waals surface area contributed by atoms with E-state index in [0.717, 1.165) is 0 Å². The zero-order valence-corrected chi connectivity index (χ0v) is 12.3. The highest BCUT2D eigenvalue weighted by atomic mass is 28.3. The third kappa shape index (κ3) is 6.30. The third-order valence-corrected chi connectivity index (χ3v) is 5.57. The first kappa shape index (κ1) is 13.8. The molecule has 0 radical (unpaired) electrons. The summed E-state index contributed by atoms with van der Waals surface area (Å²) in [5, 5.41) is 0. The van der Waals surface area contributed by atoms with Crippen LogP contribution in [-0.4, -0.2) is 43.6 Å². The maximum absolute atomic E-state index is 10.9. The van der Waals surface area contributed by atoms with Gasteiger partial charge in [-0.1, -0.05) is 0 Å². The van der Waals surface area contributed by atoms with Gasteiger partial charge in [-0.2, -0.15) is 0 Å². The molecule has 84 valence electrons. The summed E-state index contributed by atoms with van der Waals surface area (Å²) in [7, 11) is -1.68. The molecule has 0 unspecified atom stereocenters. The van der Waals surface area contributed by atoms with Crippen LogP contribution >= 0.6 is 0 Å². The summed E-state index contributed by atoms with van der Waals surface area (Å²) in [6.07, 6.45) is 0. The van der Waals surface area contributed by atoms with Crippen molar-refractivity contribution in [2.45, 2.75) is 32.5 Å². The molecule has 4 nitrogen and oxygen atoms in total. The second-order valence-corrected chi connectivity index (χ2v) is 8.70. The van der Waals surface area contributed by atoms with Crippen LogP contribution in [-0.2, 0) is 18.4 Å². The van der Waals surface area contributed by atoms with Crippen molar-refractivity contribution < 1.29 is 18.4 Å². The normalized spacial score (nSPS) is 16.6. The van der Waals surface area contributed by atoms with Gasteiger partial charge in [0, 0.05) is 20.1 Å². The van der Waals surface area contributed by atoms with E-state index in [1.807, 2.05) is 20.8 Å². The van der Waals surface area contributed by atoms with E-state index in [-0.39, 0.29) is 5.97 Å². The third-order valence-electron chi connectivity index (χ3n) is 1.61. The molecule has 0 bridgehead atoms. The van der Waals surface area contributed by atoms with E-state index in [2.05, 4.69) is 0 Å². The smallest absolute Gasteiger partial charge is 0.302 e. The van der Waals surface area contributed by atoms with Gasteiger partial charge in [0.1, 0.15) is 4.85 Å². The number of carbonyl (C=O) groups is 1. The Kier molecular flexibility index (Phi) is 7.07. The predicted molar refractivity (Wildman–Crippen MR) is 60.5 cm³/mol. The molecule has 14 heavy (non-hydrogen) atoms. The van der Waals surface area contributed by atoms with Gasteiger partial charge in [-0.25, -0.2) is 0 Å². The molecule has 0 saturated carbocycles. The Morgan fingerprint density at radius 3 is 1.93 bits per heavy atom. The van der Waals surface area contributed by atoms with Crippen LogP contribution in [0.5, 0.6) is 0 Å². The molecule has 0 aromatic rings. The van der Waals surface area contributed by atoms with Crippen LogP contribution in [0.4, 0.5) is 0 Å². The number of rotatable bonds is 7. The van der Waals surface area contributed by atoms with Crippen molar-refractivity contribution in [1.82, 2.24) is 0 Å². The van der Waals surface area contributed by atoms with Crippen LogP contribution in [0, 0.1) is 0 Å². The number of hydrogen-bond acceptors (Lipinski definition) is 4. The lowest BCUT2D eigenvalue weighted by molar-refractivity contribution is -0.145. The van der Waals surface area contributed by atoms with Gasteiger partial charge in [-0.3, -0.25) is 4.79 Å². The molecule has 0 aliphatic heterocycles. The Morgan fingerprint density at radius 1 is 1.21 bits per heavy atom. The Labute approximate surface area is 90.2 Å². The first-order valence-electron chi connectivity index (χ1n) is 4.89. The topological polar surface area (TPSA) is 44.8 Å². The Bertz CT molecular complexity index is 167. The maximum Gasteiger partial charge on any atom is 0.302 e. The summed E-state index contributed by atoms with van der Waals surface area (Å²) in [6.45, 7) is 8.62. The molecule has 0 N–H and O–H groups in total. The lowest BCUT2D eigenvalue weighted by Crippen LogP contribution is -2.46. The van der Waals surface area contributed by atoms with Crippen molar-refractivity contribution in [2.75, 3.05) is 13.2 Å². The van der Waals surface area contributed by atoms with Crippen molar-refractivity contribution in [3.05, 3.63) is 0 Å². The highest BCUT2D eigenvalue weighted by molar-refractivity contribution is 6.55. The fourth-order valence-electron chi connectivity index (χ4n) is 1.08. The molecule has 0 aromatic heterocycles. The van der Waals surface area contributed by atoms with E-state index in [1.54, 1.807) is 0 Å². The number of esters is 1. The lowest BCUT2D eigenvalue weighted by atomic mass is 10.7. The molecule has 6 heteroatoms. The van der Waals surface area contributed by atoms with Gasteiger partial charge in [0.25, 0.3) is 0 Å². The standard InChI is InChI=1S/C8H20O4Si2/c1-5-10-13-8(4,12-7(3)9)14-11-6-2/h5-6,13-14H2,1-4H3. The molecule has 0 saturated heterocycles. The van der Waals surface area contributed by atoms with Crippen molar-refractivity contribution in [1.29, 1.82) is 0 Å². The largest absolute Gasteiger partial charge is 0.463 e. The monoisotopic (exact) mass is 236 g/mol. The second-order valence-electron chi connectivity index (χ2n) is 3.32. The Hall–Kier alpha value is -0.176. The van der Waals surface area contributed by atoms with Crippen LogP contribution in [0.1, 0.15) is 27.7 Å². The Balaban J connectivity index is 4.09. The minimum atomic E-state index is -0.841. The van der Waals surface area contributed by atoms with Gasteiger partial charge in [0.05, 0.1) is 0 Å². The van der Waals surface area contributed by atoms with Gasteiger partial charge < -0.3 is 13.6 Å². The minimum Gasteiger partial charge on any atom is -0.463 e. The summed E-state index contributed by atoms with van der Waals surface area (Å²) in [5.74, 6) is -0.244. The molecular weight excluding hydrogens is 216 g/mol. The van der Waals surface area contributed by atoms with E-state index >= 15 is 0 Å². The molecular formula is C8H20O4Si2. The quantitative estimate of drug-likeness (QED) is 0.440. The predicted octanol–water partition coefficient (Wildman–Crippen LogP) is -0.536. The van der Waals surface area contributed by atoms with Gasteiger partial charge >= 0.3 is 5.97 Å². The first-order chi connectivity index (χ1) is 6.54. The van der Waals surface area contributed by atoms with Crippen molar-refractivity contribution in [2.24, 2.45) is 0 Å². The van der Waals surface area contributed by atoms with Crippen LogP contribution in [0.15, 0.2) is 0 Å². The van der Waals surface area contributed by atoms with Crippen molar-refractivity contribution in [3.63, 3.8) is 0 Å². The molecule has 0 amide bonds. The molecule has 0 heterocycles. The molecule has 0 fully saturated rings. The van der Waals surface area contributed by atoms with E-state index in [0.29, 0.717) is 13.2 Å². The average Bonchev–Trinajstić information content (AvgIpc) is 2.11. The summed E-state index contributed by atoms with van der Waals surface area (Å²) in [6, 6.07) is 0. The van der Waals surface area contributed by atoms with Crippen LogP contribution in [0.3, 0.4) is 0 Å². The van der Waals surface area contributed by atoms with E-state index in [9.17, 15) is 4.79 Å². The highest BCUT2D eigenvalue weighted by Crippen LogP contribution is 2.08. The van der Waals surface area contributed by atoms with Crippen LogP contribution < -0.4 is 0 Å². The summed E-state index contributed by atoms with van der Waals surface area (Å²) >= 11 is 0. The summed E-state index contributed by atoms with van der Waals surface area (Å²) in [4.78, 5) is 10.5. The van der Waals surface area contributed by atoms with E-state index < -0.39 is 24.4 Å². The van der Waals surface area contributed by atoms with Crippen molar-refractivity contribution in [3.8, 4) is 0 Å². The zero-order chi connectivity index (χ0) is 11.0. The number of hydrogen-bond donors (Lipinski definition) is 0. The number of ether oxygens (including phenoxy) is 1. The lowest BCUT2D eigenvalue weighted by Gasteiger charge is -2.27. The molecule has 0 rings (SSSR count). The highest BCUT2D eigenvalue weighted by Gasteiger charge is 2.30. The minimum absolute atomic E-state index is 0.244. The van der Waals surface area contributed by atoms with E-state index in [1.165, 1.54) is 6.92 Å². The SMILES string of the molecule is CCO[SiH2]C(C)(OC(C)=O)[SiH2]OCC. The van der Waals surface area contributed by atoms with Crippen LogP contribution in [0.25, 0.3) is 0 Å². The molecule has 0 aromatic carbocycles. The molecule has 0 aliphatic carbocycles. The summed E-state index contributed by atoms with van der Waals surface area (Å²) < 4.78 is 16.1. The van der Waals surface area contributed by atoms with Crippen LogP contribution in [0.2, 0.25) is 0 Å². The van der Waals surface area contributed by atoms with Gasteiger partial charge in [-0.15, -0.1) is 0 Å². The fourth-order valence-corrected chi connectivity index (χ4v) is 4.08. The van der Waals surface area contributed by atoms with Gasteiger partial charge in [0.2, 0.25) is 19.5 Å². The molecule has 0 aliphatic rings. The fraction of sp³-hybridized carbons (Fsp3) is 0.875. The van der Waals surface area contributed by atoms with E-state index in [4.69, 9.17) is 13.6 Å². The zero-order valence-electron chi connectivity index (χ0n) is 9.46. The maximum atomic E-state index is 10.9. The summed E-state index contributed by atoms with van der Waals surface area (Å²) in [5.41, 5.74) is 0. The van der Waals surface area contributed by atoms with Crippen molar-refractivity contribution >= 4 is 25.5 Å². The molecule has 0 spiro atoms. The molecule has 0 atom stereocenters. The van der Waals surface area contributed by atoms with Gasteiger partial charge in [0.15, 0.2) is 0 Å². The Morgan fingerprint density at radius 2 is 1.64 bits per heavy atom. The second kappa shape index (κ2) is 7.16.